The minimum Gasteiger partial charge on any atom is -0.378 e. The molecule has 88 valence electrons. The summed E-state index contributed by atoms with van der Waals surface area (Å²) in [5.74, 6) is 0.233. The summed E-state index contributed by atoms with van der Waals surface area (Å²) < 4.78 is 5.21. The Bertz CT molecular complexity index is 191. The molecule has 1 heterocycles. The van der Waals surface area contributed by atoms with Gasteiger partial charge in [0.1, 0.15) is 0 Å². The van der Waals surface area contributed by atoms with Crippen molar-refractivity contribution in [3.05, 3.63) is 0 Å². The zero-order valence-electron chi connectivity index (χ0n) is 9.87. The Hall–Kier alpha value is -0.610. The summed E-state index contributed by atoms with van der Waals surface area (Å²) in [6.07, 6.45) is 2.34. The number of carbonyl (C=O) groups excluding carboxylic acids is 1. The standard InChI is InChI=1S/C11H22N2O2/c1-3-4-5-12(2)10-11(14)13-6-8-15-9-7-13/h3-10H2,1-2H3. The van der Waals surface area contributed by atoms with Gasteiger partial charge in [0.05, 0.1) is 19.8 Å². The van der Waals surface area contributed by atoms with Gasteiger partial charge in [-0.1, -0.05) is 13.3 Å². The minimum absolute atomic E-state index is 0.233. The highest BCUT2D eigenvalue weighted by Crippen LogP contribution is 1.99. The average Bonchev–Trinajstić information content (AvgIpc) is 2.27. The van der Waals surface area contributed by atoms with Gasteiger partial charge in [-0.3, -0.25) is 9.69 Å². The van der Waals surface area contributed by atoms with E-state index in [0.29, 0.717) is 19.8 Å². The number of morpholine rings is 1. The Labute approximate surface area is 92.2 Å². The second-order valence-corrected chi connectivity index (χ2v) is 4.08. The Morgan fingerprint density at radius 2 is 2.07 bits per heavy atom. The number of likely N-dealkylation sites (N-methyl/N-ethyl adjacent to an activating group) is 1. The lowest BCUT2D eigenvalue weighted by Crippen LogP contribution is -2.45. The van der Waals surface area contributed by atoms with E-state index < -0.39 is 0 Å². The number of rotatable bonds is 5. The van der Waals surface area contributed by atoms with Crippen LogP contribution in [0.4, 0.5) is 0 Å². The zero-order chi connectivity index (χ0) is 11.1. The molecule has 1 amide bonds. The fourth-order valence-electron chi connectivity index (χ4n) is 1.65. The fourth-order valence-corrected chi connectivity index (χ4v) is 1.65. The van der Waals surface area contributed by atoms with Crippen LogP contribution >= 0.6 is 0 Å². The quantitative estimate of drug-likeness (QED) is 0.671. The Morgan fingerprint density at radius 1 is 1.40 bits per heavy atom. The summed E-state index contributed by atoms with van der Waals surface area (Å²) in [4.78, 5) is 15.8. The molecule has 0 aromatic carbocycles. The van der Waals surface area contributed by atoms with Crippen molar-refractivity contribution in [2.75, 3.05) is 46.4 Å². The lowest BCUT2D eigenvalue weighted by Gasteiger charge is -2.28. The van der Waals surface area contributed by atoms with Gasteiger partial charge in [0.25, 0.3) is 0 Å². The average molecular weight is 214 g/mol. The van der Waals surface area contributed by atoms with Crippen molar-refractivity contribution >= 4 is 5.91 Å². The molecule has 0 unspecified atom stereocenters. The van der Waals surface area contributed by atoms with E-state index >= 15 is 0 Å². The predicted molar refractivity (Wildman–Crippen MR) is 59.8 cm³/mol. The van der Waals surface area contributed by atoms with Crippen LogP contribution < -0.4 is 0 Å². The van der Waals surface area contributed by atoms with Gasteiger partial charge >= 0.3 is 0 Å². The molecule has 0 spiro atoms. The number of amides is 1. The van der Waals surface area contributed by atoms with Crippen LogP contribution in [0.3, 0.4) is 0 Å². The zero-order valence-corrected chi connectivity index (χ0v) is 9.87. The molecule has 0 aliphatic carbocycles. The summed E-state index contributed by atoms with van der Waals surface area (Å²) in [6.45, 7) is 6.58. The molecule has 0 bridgehead atoms. The number of ether oxygens (including phenoxy) is 1. The van der Waals surface area contributed by atoms with Crippen LogP contribution in [-0.4, -0.2) is 62.1 Å². The summed E-state index contributed by atoms with van der Waals surface area (Å²) >= 11 is 0. The molecule has 1 aliphatic rings. The Morgan fingerprint density at radius 3 is 2.67 bits per heavy atom. The highest BCUT2D eigenvalue weighted by atomic mass is 16.5. The topological polar surface area (TPSA) is 32.8 Å². The maximum Gasteiger partial charge on any atom is 0.236 e. The summed E-state index contributed by atoms with van der Waals surface area (Å²) in [7, 11) is 2.01. The van der Waals surface area contributed by atoms with Gasteiger partial charge in [-0.2, -0.15) is 0 Å². The van der Waals surface area contributed by atoms with Crippen LogP contribution in [0.1, 0.15) is 19.8 Å². The molecule has 15 heavy (non-hydrogen) atoms. The first-order chi connectivity index (χ1) is 7.24. The van der Waals surface area contributed by atoms with Crippen LogP contribution in [0.25, 0.3) is 0 Å². The van der Waals surface area contributed by atoms with E-state index in [0.717, 1.165) is 26.1 Å². The maximum absolute atomic E-state index is 11.8. The minimum atomic E-state index is 0.233. The molecular formula is C11H22N2O2. The van der Waals surface area contributed by atoms with E-state index in [4.69, 9.17) is 4.74 Å². The maximum atomic E-state index is 11.8. The van der Waals surface area contributed by atoms with Crippen molar-refractivity contribution < 1.29 is 9.53 Å². The molecule has 1 aliphatic heterocycles. The molecule has 0 aromatic rings. The molecule has 0 N–H and O–H groups in total. The van der Waals surface area contributed by atoms with E-state index in [1.165, 1.54) is 6.42 Å². The fraction of sp³-hybridized carbons (Fsp3) is 0.909. The molecule has 1 saturated heterocycles. The van der Waals surface area contributed by atoms with E-state index in [2.05, 4.69) is 11.8 Å². The summed E-state index contributed by atoms with van der Waals surface area (Å²) in [5, 5.41) is 0. The normalized spacial score (nSPS) is 17.1. The van der Waals surface area contributed by atoms with Gasteiger partial charge in [0.15, 0.2) is 0 Å². The van der Waals surface area contributed by atoms with Crippen molar-refractivity contribution in [3.8, 4) is 0 Å². The summed E-state index contributed by atoms with van der Waals surface area (Å²) in [6, 6.07) is 0. The molecule has 0 radical (unpaired) electrons. The second kappa shape index (κ2) is 6.80. The van der Waals surface area contributed by atoms with Crippen molar-refractivity contribution in [2.24, 2.45) is 0 Å². The third kappa shape index (κ3) is 4.62. The van der Waals surface area contributed by atoms with E-state index in [-0.39, 0.29) is 5.91 Å². The third-order valence-electron chi connectivity index (χ3n) is 2.66. The Kier molecular flexibility index (Phi) is 5.65. The molecule has 1 rings (SSSR count). The lowest BCUT2D eigenvalue weighted by molar-refractivity contribution is -0.136. The smallest absolute Gasteiger partial charge is 0.236 e. The van der Waals surface area contributed by atoms with Crippen molar-refractivity contribution in [3.63, 3.8) is 0 Å². The van der Waals surface area contributed by atoms with Crippen LogP contribution in [0.5, 0.6) is 0 Å². The number of unbranched alkanes of at least 4 members (excludes halogenated alkanes) is 1. The molecule has 0 saturated carbocycles. The van der Waals surface area contributed by atoms with Crippen molar-refractivity contribution in [1.29, 1.82) is 0 Å². The number of nitrogens with zero attached hydrogens (tertiary/aromatic N) is 2. The van der Waals surface area contributed by atoms with Gasteiger partial charge in [-0.25, -0.2) is 0 Å². The van der Waals surface area contributed by atoms with Crippen LogP contribution in [0.15, 0.2) is 0 Å². The molecular weight excluding hydrogens is 192 g/mol. The predicted octanol–water partition coefficient (Wildman–Crippen LogP) is 0.577. The van der Waals surface area contributed by atoms with E-state index in [1.807, 2.05) is 11.9 Å². The number of hydrogen-bond acceptors (Lipinski definition) is 3. The van der Waals surface area contributed by atoms with Gasteiger partial charge in [-0.05, 0) is 20.0 Å². The number of carbonyl (C=O) groups is 1. The third-order valence-corrected chi connectivity index (χ3v) is 2.66. The van der Waals surface area contributed by atoms with Gasteiger partial charge in [0.2, 0.25) is 5.91 Å². The highest BCUT2D eigenvalue weighted by molar-refractivity contribution is 5.78. The van der Waals surface area contributed by atoms with Gasteiger partial charge < -0.3 is 9.64 Å². The largest absolute Gasteiger partial charge is 0.378 e. The highest BCUT2D eigenvalue weighted by Gasteiger charge is 2.17. The first kappa shape index (κ1) is 12.5. The molecule has 4 nitrogen and oxygen atoms in total. The number of hydrogen-bond donors (Lipinski definition) is 0. The second-order valence-electron chi connectivity index (χ2n) is 4.08. The monoisotopic (exact) mass is 214 g/mol. The van der Waals surface area contributed by atoms with E-state index in [9.17, 15) is 4.79 Å². The molecule has 0 atom stereocenters. The first-order valence-electron chi connectivity index (χ1n) is 5.78. The Balaban J connectivity index is 2.21. The molecule has 0 aromatic heterocycles. The lowest BCUT2D eigenvalue weighted by atomic mass is 10.3. The first-order valence-corrected chi connectivity index (χ1v) is 5.78. The van der Waals surface area contributed by atoms with Crippen molar-refractivity contribution in [2.45, 2.75) is 19.8 Å². The van der Waals surface area contributed by atoms with Gasteiger partial charge in [0, 0.05) is 13.1 Å². The van der Waals surface area contributed by atoms with Gasteiger partial charge in [-0.15, -0.1) is 0 Å². The van der Waals surface area contributed by atoms with Crippen LogP contribution in [0.2, 0.25) is 0 Å². The van der Waals surface area contributed by atoms with Crippen LogP contribution in [-0.2, 0) is 9.53 Å². The van der Waals surface area contributed by atoms with E-state index in [1.54, 1.807) is 0 Å². The molecule has 4 heteroatoms. The SMILES string of the molecule is CCCCN(C)CC(=O)N1CCOCC1. The summed E-state index contributed by atoms with van der Waals surface area (Å²) in [5.41, 5.74) is 0. The van der Waals surface area contributed by atoms with Crippen LogP contribution in [0, 0.1) is 0 Å². The molecule has 1 fully saturated rings. The van der Waals surface area contributed by atoms with Crippen molar-refractivity contribution in [1.82, 2.24) is 9.80 Å².